The zero-order chi connectivity index (χ0) is 7.68. The van der Waals surface area contributed by atoms with Gasteiger partial charge in [0, 0.05) is 17.5 Å². The lowest BCUT2D eigenvalue weighted by atomic mass is 9.92. The highest BCUT2D eigenvalue weighted by atomic mass is 33.1. The molecule has 2 aliphatic rings. The number of rotatable bonds is 0. The molecule has 0 aromatic rings. The molecule has 2 atom stereocenters. The highest BCUT2D eigenvalue weighted by Gasteiger charge is 2.31. The van der Waals surface area contributed by atoms with Crippen molar-refractivity contribution in [3.05, 3.63) is 0 Å². The molecule has 2 rings (SSSR count). The van der Waals surface area contributed by atoms with Crippen LogP contribution >= 0.6 is 21.6 Å². The molecule has 0 spiro atoms. The standard InChI is InChI=1S/C8H15NS2/c1-9-4-2-3-7-5-10-11-6-8(7)9/h7-8H,2-6H2,1H3/t7-,8+/m0/s1. The van der Waals surface area contributed by atoms with E-state index in [2.05, 4.69) is 33.5 Å². The van der Waals surface area contributed by atoms with Gasteiger partial charge in [-0.3, -0.25) is 0 Å². The van der Waals surface area contributed by atoms with Crippen LogP contribution in [-0.2, 0) is 0 Å². The summed E-state index contributed by atoms with van der Waals surface area (Å²) in [5.74, 6) is 3.74. The Morgan fingerprint density at radius 1 is 1.27 bits per heavy atom. The maximum absolute atomic E-state index is 2.56. The van der Waals surface area contributed by atoms with Gasteiger partial charge in [-0.15, -0.1) is 0 Å². The molecular weight excluding hydrogens is 174 g/mol. The molecule has 2 heterocycles. The number of nitrogens with zero attached hydrogens (tertiary/aromatic N) is 1. The van der Waals surface area contributed by atoms with E-state index in [9.17, 15) is 0 Å². The second-order valence-electron chi connectivity index (χ2n) is 3.52. The van der Waals surface area contributed by atoms with Crippen molar-refractivity contribution in [3.8, 4) is 0 Å². The van der Waals surface area contributed by atoms with E-state index in [1.165, 1.54) is 30.9 Å². The molecule has 3 heteroatoms. The van der Waals surface area contributed by atoms with Gasteiger partial charge in [0.05, 0.1) is 0 Å². The second kappa shape index (κ2) is 3.58. The smallest absolute Gasteiger partial charge is 0.0228 e. The summed E-state index contributed by atoms with van der Waals surface area (Å²) < 4.78 is 0. The maximum atomic E-state index is 2.56. The Labute approximate surface area is 76.7 Å². The molecule has 0 saturated carbocycles. The highest BCUT2D eigenvalue weighted by molar-refractivity contribution is 8.76. The third-order valence-corrected chi connectivity index (χ3v) is 5.33. The number of hydrogen-bond donors (Lipinski definition) is 0. The first-order valence-corrected chi connectivity index (χ1v) is 6.81. The van der Waals surface area contributed by atoms with Crippen LogP contribution in [0.15, 0.2) is 0 Å². The Bertz CT molecular complexity index is 138. The van der Waals surface area contributed by atoms with Crippen LogP contribution in [0.25, 0.3) is 0 Å². The Kier molecular flexibility index (Phi) is 2.69. The first-order valence-electron chi connectivity index (χ1n) is 4.32. The van der Waals surface area contributed by atoms with Crippen molar-refractivity contribution in [1.29, 1.82) is 0 Å². The third kappa shape index (κ3) is 1.70. The lowest BCUT2D eigenvalue weighted by Gasteiger charge is -2.41. The van der Waals surface area contributed by atoms with Crippen LogP contribution in [0.1, 0.15) is 12.8 Å². The minimum Gasteiger partial charge on any atom is -0.302 e. The fourth-order valence-electron chi connectivity index (χ4n) is 2.03. The Morgan fingerprint density at radius 2 is 2.09 bits per heavy atom. The van der Waals surface area contributed by atoms with E-state index in [-0.39, 0.29) is 0 Å². The van der Waals surface area contributed by atoms with Gasteiger partial charge in [-0.2, -0.15) is 0 Å². The average Bonchev–Trinajstić information content (AvgIpc) is 2.06. The number of hydrogen-bond acceptors (Lipinski definition) is 3. The lowest BCUT2D eigenvalue weighted by molar-refractivity contribution is 0.150. The van der Waals surface area contributed by atoms with E-state index >= 15 is 0 Å². The second-order valence-corrected chi connectivity index (χ2v) is 6.07. The van der Waals surface area contributed by atoms with E-state index in [4.69, 9.17) is 0 Å². The Balaban J connectivity index is 1.99. The van der Waals surface area contributed by atoms with E-state index in [1.807, 2.05) is 0 Å². The fraction of sp³-hybridized carbons (Fsp3) is 1.00. The molecule has 1 nitrogen and oxygen atoms in total. The van der Waals surface area contributed by atoms with Crippen LogP contribution in [0.3, 0.4) is 0 Å². The van der Waals surface area contributed by atoms with E-state index in [1.54, 1.807) is 0 Å². The van der Waals surface area contributed by atoms with E-state index in [0.717, 1.165) is 12.0 Å². The van der Waals surface area contributed by atoms with Gasteiger partial charge in [-0.05, 0) is 32.4 Å². The highest BCUT2D eigenvalue weighted by Crippen LogP contribution is 2.38. The monoisotopic (exact) mass is 189 g/mol. The SMILES string of the molecule is CN1CCC[C@H]2CSSC[C@H]21. The van der Waals surface area contributed by atoms with Gasteiger partial charge in [0.1, 0.15) is 0 Å². The largest absolute Gasteiger partial charge is 0.302 e. The van der Waals surface area contributed by atoms with Crippen LogP contribution in [0.5, 0.6) is 0 Å². The summed E-state index contributed by atoms with van der Waals surface area (Å²) in [5, 5.41) is 0. The van der Waals surface area contributed by atoms with Gasteiger partial charge in [-0.1, -0.05) is 21.6 Å². The molecule has 2 aliphatic heterocycles. The summed E-state index contributed by atoms with van der Waals surface area (Å²) in [7, 11) is 6.42. The summed E-state index contributed by atoms with van der Waals surface area (Å²) >= 11 is 0. The molecule has 64 valence electrons. The zero-order valence-corrected chi connectivity index (χ0v) is 8.59. The topological polar surface area (TPSA) is 3.24 Å². The molecule has 0 aromatic heterocycles. The maximum Gasteiger partial charge on any atom is 0.0228 e. The van der Waals surface area contributed by atoms with Crippen LogP contribution in [0, 0.1) is 5.92 Å². The summed E-state index contributed by atoms with van der Waals surface area (Å²) in [4.78, 5) is 2.56. The van der Waals surface area contributed by atoms with Crippen molar-refractivity contribution in [2.45, 2.75) is 18.9 Å². The Hall–Kier alpha value is 0.660. The third-order valence-electron chi connectivity index (χ3n) is 2.80. The minimum atomic E-state index is 0.898. The van der Waals surface area contributed by atoms with Crippen molar-refractivity contribution in [3.63, 3.8) is 0 Å². The first-order chi connectivity index (χ1) is 5.38. The summed E-state index contributed by atoms with van der Waals surface area (Å²) in [6.45, 7) is 1.33. The van der Waals surface area contributed by atoms with Gasteiger partial charge in [0.2, 0.25) is 0 Å². The van der Waals surface area contributed by atoms with Crippen LogP contribution in [-0.4, -0.2) is 36.0 Å². The molecule has 0 aromatic carbocycles. The first kappa shape index (κ1) is 8.27. The van der Waals surface area contributed by atoms with Crippen molar-refractivity contribution in [2.75, 3.05) is 25.1 Å². The predicted octanol–water partition coefficient (Wildman–Crippen LogP) is 2.09. The van der Waals surface area contributed by atoms with E-state index < -0.39 is 0 Å². The normalized spacial score (nSPS) is 40.1. The van der Waals surface area contributed by atoms with Crippen molar-refractivity contribution >= 4 is 21.6 Å². The lowest BCUT2D eigenvalue weighted by Crippen LogP contribution is -2.46. The molecule has 11 heavy (non-hydrogen) atoms. The molecule has 0 radical (unpaired) electrons. The zero-order valence-electron chi connectivity index (χ0n) is 6.95. The molecule has 2 fully saturated rings. The number of piperidine rings is 1. The van der Waals surface area contributed by atoms with Gasteiger partial charge in [0.15, 0.2) is 0 Å². The van der Waals surface area contributed by atoms with Crippen molar-refractivity contribution in [2.24, 2.45) is 5.92 Å². The van der Waals surface area contributed by atoms with Crippen molar-refractivity contribution < 1.29 is 0 Å². The molecule has 0 amide bonds. The van der Waals surface area contributed by atoms with Crippen LogP contribution < -0.4 is 0 Å². The van der Waals surface area contributed by atoms with Gasteiger partial charge >= 0.3 is 0 Å². The molecule has 2 saturated heterocycles. The number of fused-ring (bicyclic) bond motifs is 1. The molecule has 0 aliphatic carbocycles. The average molecular weight is 189 g/mol. The quantitative estimate of drug-likeness (QED) is 0.537. The Morgan fingerprint density at radius 3 is 2.91 bits per heavy atom. The minimum absolute atomic E-state index is 0.898. The molecular formula is C8H15NS2. The van der Waals surface area contributed by atoms with Crippen LogP contribution in [0.4, 0.5) is 0 Å². The summed E-state index contributed by atoms with van der Waals surface area (Å²) in [6, 6.07) is 0.898. The molecule has 0 unspecified atom stereocenters. The van der Waals surface area contributed by atoms with Gasteiger partial charge in [-0.25, -0.2) is 0 Å². The fourth-order valence-corrected chi connectivity index (χ4v) is 4.97. The van der Waals surface area contributed by atoms with Crippen molar-refractivity contribution in [1.82, 2.24) is 4.90 Å². The molecule has 0 N–H and O–H groups in total. The predicted molar refractivity (Wildman–Crippen MR) is 54.1 cm³/mol. The molecule has 0 bridgehead atoms. The number of likely N-dealkylation sites (tertiary alicyclic amines) is 1. The van der Waals surface area contributed by atoms with Crippen LogP contribution in [0.2, 0.25) is 0 Å². The van der Waals surface area contributed by atoms with E-state index in [0.29, 0.717) is 0 Å². The van der Waals surface area contributed by atoms with Gasteiger partial charge in [0.25, 0.3) is 0 Å². The summed E-state index contributed by atoms with van der Waals surface area (Å²) in [5.41, 5.74) is 0. The van der Waals surface area contributed by atoms with Gasteiger partial charge < -0.3 is 4.90 Å². The summed E-state index contributed by atoms with van der Waals surface area (Å²) in [6.07, 6.45) is 2.89.